The Labute approximate surface area is 182 Å². The quantitative estimate of drug-likeness (QED) is 0.348. The summed E-state index contributed by atoms with van der Waals surface area (Å²) in [6, 6.07) is -0.983. The van der Waals surface area contributed by atoms with Gasteiger partial charge in [-0.05, 0) is 44.4 Å². The van der Waals surface area contributed by atoms with E-state index in [0.717, 1.165) is 25.3 Å². The topological polar surface area (TPSA) is 111 Å². The monoisotopic (exact) mass is 450 g/mol. The van der Waals surface area contributed by atoms with E-state index in [-0.39, 0.29) is 11.9 Å². The summed E-state index contributed by atoms with van der Waals surface area (Å²) in [5.74, 6) is 1.29. The predicted octanol–water partition coefficient (Wildman–Crippen LogP) is 0.827. The Morgan fingerprint density at radius 3 is 2.48 bits per heavy atom. The molecule has 0 unspecified atom stereocenters. The Kier molecular flexibility index (Phi) is 8.52. The number of thioether (sulfide) groups is 1. The van der Waals surface area contributed by atoms with Crippen molar-refractivity contribution < 1.29 is 24.9 Å². The minimum Gasteiger partial charge on any atom is -0.388 e. The highest BCUT2D eigenvalue weighted by Gasteiger charge is 2.48. The van der Waals surface area contributed by atoms with Crippen LogP contribution in [0.15, 0.2) is 0 Å². The molecule has 0 aromatic heterocycles. The highest BCUT2D eigenvalue weighted by molar-refractivity contribution is 7.99. The molecule has 2 heterocycles. The van der Waals surface area contributed by atoms with Crippen LogP contribution in [-0.4, -0.2) is 81.3 Å². The van der Waals surface area contributed by atoms with Gasteiger partial charge in [-0.3, -0.25) is 4.79 Å². The van der Waals surface area contributed by atoms with Crippen molar-refractivity contribution in [3.8, 4) is 0 Å². The van der Waals surface area contributed by atoms with E-state index in [9.17, 15) is 20.1 Å². The molecule has 168 valence electrons. The molecule has 0 aromatic carbocycles. The van der Waals surface area contributed by atoms with Crippen molar-refractivity contribution in [2.75, 3.05) is 12.8 Å². The van der Waals surface area contributed by atoms with Gasteiger partial charge in [0.25, 0.3) is 0 Å². The molecule has 2 saturated heterocycles. The fourth-order valence-electron chi connectivity index (χ4n) is 4.42. The van der Waals surface area contributed by atoms with Gasteiger partial charge in [0.05, 0.1) is 17.5 Å². The van der Waals surface area contributed by atoms with Crippen molar-refractivity contribution in [1.82, 2.24) is 10.6 Å². The summed E-state index contributed by atoms with van der Waals surface area (Å²) in [5, 5.41) is 36.5. The summed E-state index contributed by atoms with van der Waals surface area (Å²) in [4.78, 5) is 13.0. The molecule has 2 aliphatic heterocycles. The summed E-state index contributed by atoms with van der Waals surface area (Å²) >= 11 is 7.58. The molecular weight excluding hydrogens is 416 g/mol. The molecule has 7 nitrogen and oxygen atoms in total. The Morgan fingerprint density at radius 1 is 1.17 bits per heavy atom. The van der Waals surface area contributed by atoms with Crippen LogP contribution in [-0.2, 0) is 9.53 Å². The molecule has 1 saturated carbocycles. The third-order valence-corrected chi connectivity index (χ3v) is 7.63. The number of carbonyl (C=O) groups is 1. The van der Waals surface area contributed by atoms with E-state index in [4.69, 9.17) is 16.3 Å². The first-order valence-corrected chi connectivity index (χ1v) is 12.4. The van der Waals surface area contributed by atoms with E-state index in [1.54, 1.807) is 13.2 Å². The third kappa shape index (κ3) is 5.99. The zero-order valence-electron chi connectivity index (χ0n) is 17.2. The number of amides is 1. The lowest BCUT2D eigenvalue weighted by molar-refractivity contribution is -0.205. The number of aliphatic hydroxyl groups is 3. The number of alkyl halides is 1. The molecular formula is C20H35ClN2O5S. The number of nitrogens with one attached hydrogen (secondary N) is 2. The largest absolute Gasteiger partial charge is 0.388 e. The fourth-order valence-corrected chi connectivity index (χ4v) is 5.31. The van der Waals surface area contributed by atoms with Crippen LogP contribution in [0.1, 0.15) is 45.4 Å². The van der Waals surface area contributed by atoms with Crippen LogP contribution < -0.4 is 10.6 Å². The maximum Gasteiger partial charge on any atom is 0.237 e. The van der Waals surface area contributed by atoms with Crippen LogP contribution in [0.4, 0.5) is 0 Å². The first kappa shape index (κ1) is 23.6. The average molecular weight is 451 g/mol. The highest BCUT2D eigenvalue weighted by Crippen LogP contribution is 2.36. The number of hydrogen-bond donors (Lipinski definition) is 5. The van der Waals surface area contributed by atoms with Crippen LogP contribution >= 0.6 is 23.4 Å². The van der Waals surface area contributed by atoms with Gasteiger partial charge >= 0.3 is 0 Å². The van der Waals surface area contributed by atoms with Crippen LogP contribution in [0.3, 0.4) is 0 Å². The van der Waals surface area contributed by atoms with Gasteiger partial charge in [0.2, 0.25) is 5.91 Å². The van der Waals surface area contributed by atoms with Gasteiger partial charge < -0.3 is 30.7 Å². The van der Waals surface area contributed by atoms with Crippen molar-refractivity contribution in [2.24, 2.45) is 11.8 Å². The molecule has 0 bridgehead atoms. The van der Waals surface area contributed by atoms with Crippen LogP contribution in [0.2, 0.25) is 0 Å². The van der Waals surface area contributed by atoms with Crippen LogP contribution in [0.25, 0.3) is 0 Å². The SMILES string of the molecule is CS[C@H]1O[C@H]([C@H](NC(=O)[C@@H]2C[C@H](CCC3CC3)CCN2)[C@H](C)Cl)[C@H](O)[C@H](O)[C@H]1O. The second-order valence-corrected chi connectivity index (χ2v) is 10.4. The fraction of sp³-hybridized carbons (Fsp3) is 0.950. The number of hydrogen-bond acceptors (Lipinski definition) is 7. The van der Waals surface area contributed by atoms with Crippen molar-refractivity contribution in [1.29, 1.82) is 0 Å². The summed E-state index contributed by atoms with van der Waals surface area (Å²) in [6.45, 7) is 2.54. The molecule has 29 heavy (non-hydrogen) atoms. The normalized spacial score (nSPS) is 40.3. The minimum atomic E-state index is -1.36. The molecule has 9 atom stereocenters. The summed E-state index contributed by atoms with van der Waals surface area (Å²) in [7, 11) is 0. The molecule has 0 spiro atoms. The van der Waals surface area contributed by atoms with Gasteiger partial charge in [0, 0.05) is 0 Å². The zero-order chi connectivity index (χ0) is 21.1. The smallest absolute Gasteiger partial charge is 0.237 e. The lowest BCUT2D eigenvalue weighted by Gasteiger charge is -2.44. The number of piperidine rings is 1. The van der Waals surface area contributed by atoms with Gasteiger partial charge in [-0.15, -0.1) is 23.4 Å². The average Bonchev–Trinajstić information content (AvgIpc) is 3.54. The summed E-state index contributed by atoms with van der Waals surface area (Å²) in [5.41, 5.74) is -0.701. The molecule has 3 rings (SSSR count). The van der Waals surface area contributed by atoms with Gasteiger partial charge in [0.1, 0.15) is 29.9 Å². The van der Waals surface area contributed by atoms with Gasteiger partial charge in [-0.1, -0.05) is 25.7 Å². The molecule has 9 heteroatoms. The van der Waals surface area contributed by atoms with Crippen LogP contribution in [0, 0.1) is 11.8 Å². The molecule has 3 aliphatic rings. The predicted molar refractivity (Wildman–Crippen MR) is 114 cm³/mol. The lowest BCUT2D eigenvalue weighted by atomic mass is 9.87. The van der Waals surface area contributed by atoms with E-state index in [2.05, 4.69) is 10.6 Å². The Hall–Kier alpha value is -0.0900. The maximum atomic E-state index is 13.0. The number of aliphatic hydroxyl groups excluding tert-OH is 3. The lowest BCUT2D eigenvalue weighted by Crippen LogP contribution is -2.65. The molecule has 1 amide bonds. The van der Waals surface area contributed by atoms with Gasteiger partial charge in [0.15, 0.2) is 0 Å². The van der Waals surface area contributed by atoms with Gasteiger partial charge in [-0.25, -0.2) is 0 Å². The van der Waals surface area contributed by atoms with Gasteiger partial charge in [-0.2, -0.15) is 0 Å². The summed E-state index contributed by atoms with van der Waals surface area (Å²) < 4.78 is 5.82. The first-order valence-electron chi connectivity index (χ1n) is 10.7. The van der Waals surface area contributed by atoms with Crippen LogP contribution in [0.5, 0.6) is 0 Å². The van der Waals surface area contributed by atoms with Crippen molar-refractivity contribution in [3.05, 3.63) is 0 Å². The van der Waals surface area contributed by atoms with Crippen molar-refractivity contribution in [2.45, 2.75) is 92.8 Å². The number of rotatable bonds is 8. The number of ether oxygens (including phenoxy) is 1. The van der Waals surface area contributed by atoms with E-state index >= 15 is 0 Å². The number of carbonyl (C=O) groups excluding carboxylic acids is 1. The van der Waals surface area contributed by atoms with E-state index in [1.165, 1.54) is 37.4 Å². The van der Waals surface area contributed by atoms with E-state index in [0.29, 0.717) is 5.92 Å². The van der Waals surface area contributed by atoms with E-state index < -0.39 is 41.3 Å². The molecule has 0 aromatic rings. The maximum absolute atomic E-state index is 13.0. The zero-order valence-corrected chi connectivity index (χ0v) is 18.7. The summed E-state index contributed by atoms with van der Waals surface area (Å²) in [6.07, 6.45) is 3.97. The minimum absolute atomic E-state index is 0.157. The third-order valence-electron chi connectivity index (χ3n) is 6.51. The van der Waals surface area contributed by atoms with Crippen molar-refractivity contribution >= 4 is 29.3 Å². The molecule has 5 N–H and O–H groups in total. The standard InChI is InChI=1S/C20H35ClN2O5S/c1-10(21)14(18-16(25)15(24)17(26)20(28-18)29-2)23-19(27)13-9-12(7-8-22-13)6-5-11-3-4-11/h10-18,20,22,24-26H,3-9H2,1-2H3,(H,23,27)/t10-,12+,13-,14+,15-,16+,17+,18+,20+/m0/s1. The molecule has 1 aliphatic carbocycles. The molecule has 0 radical (unpaired) electrons. The second kappa shape index (κ2) is 10.5. The Bertz CT molecular complexity index is 551. The first-order chi connectivity index (χ1) is 13.8. The van der Waals surface area contributed by atoms with Crippen molar-refractivity contribution in [3.63, 3.8) is 0 Å². The van der Waals surface area contributed by atoms with E-state index in [1.807, 2.05) is 0 Å². The Balaban J connectivity index is 1.60. The second-order valence-electron chi connectivity index (χ2n) is 8.81. The molecule has 3 fully saturated rings. The Morgan fingerprint density at radius 2 is 1.86 bits per heavy atom. The highest BCUT2D eigenvalue weighted by atomic mass is 35.5. The number of halogens is 1.